The van der Waals surface area contributed by atoms with Crippen LogP contribution in [0.25, 0.3) is 0 Å². The zero-order valence-electron chi connectivity index (χ0n) is 16.3. The normalized spacial score (nSPS) is 12.4. The van der Waals surface area contributed by atoms with E-state index in [-0.39, 0.29) is 0 Å². The van der Waals surface area contributed by atoms with E-state index in [0.717, 1.165) is 12.5 Å². The van der Waals surface area contributed by atoms with Crippen LogP contribution in [-0.4, -0.2) is 4.98 Å². The molecule has 0 amide bonds. The largest absolute Gasteiger partial charge is 0.254 e. The minimum Gasteiger partial charge on any atom is -0.248 e. The maximum atomic E-state index is 3.48. The van der Waals surface area contributed by atoms with Crippen molar-refractivity contribution in [1.82, 2.24) is 4.98 Å². The van der Waals surface area contributed by atoms with Gasteiger partial charge in [0.1, 0.15) is 12.4 Å². The Morgan fingerprint density at radius 1 is 0.920 bits per heavy atom. The van der Waals surface area contributed by atoms with Crippen molar-refractivity contribution in [1.29, 1.82) is 0 Å². The van der Waals surface area contributed by atoms with Gasteiger partial charge in [-0.25, -0.2) is 9.55 Å². The summed E-state index contributed by atoms with van der Waals surface area (Å²) >= 11 is 0. The van der Waals surface area contributed by atoms with E-state index in [0.29, 0.717) is 0 Å². The van der Waals surface area contributed by atoms with Crippen molar-refractivity contribution in [3.63, 3.8) is 0 Å². The first-order valence-corrected chi connectivity index (χ1v) is 10.4. The van der Waals surface area contributed by atoms with Gasteiger partial charge < -0.3 is 0 Å². The molecular weight excluding hydrogens is 304 g/mol. The molecule has 138 valence electrons. The van der Waals surface area contributed by atoms with Gasteiger partial charge in [0.25, 0.3) is 5.82 Å². The number of H-pyrrole nitrogens is 1. The minimum absolute atomic E-state index is 0.724. The minimum atomic E-state index is 0.724. The topological polar surface area (TPSA) is 19.7 Å². The molecule has 0 radical (unpaired) electrons. The van der Waals surface area contributed by atoms with Crippen molar-refractivity contribution in [2.45, 2.75) is 84.6 Å². The molecule has 0 aliphatic carbocycles. The Kier molecular flexibility index (Phi) is 9.40. The van der Waals surface area contributed by atoms with E-state index in [1.165, 1.54) is 75.6 Å². The van der Waals surface area contributed by atoms with Crippen molar-refractivity contribution in [3.05, 3.63) is 54.1 Å². The van der Waals surface area contributed by atoms with Gasteiger partial charge in [0.2, 0.25) is 0 Å². The number of rotatable bonds is 13. The van der Waals surface area contributed by atoms with Crippen LogP contribution in [0.2, 0.25) is 0 Å². The average molecular weight is 342 g/mol. The molecule has 0 aliphatic heterocycles. The molecule has 1 aromatic carbocycles. The van der Waals surface area contributed by atoms with Crippen molar-refractivity contribution >= 4 is 0 Å². The fourth-order valence-electron chi connectivity index (χ4n) is 3.66. The summed E-state index contributed by atoms with van der Waals surface area (Å²) in [7, 11) is 0. The molecule has 2 aromatic rings. The summed E-state index contributed by atoms with van der Waals surface area (Å²) in [5.74, 6) is 2.13. The molecule has 0 saturated carbocycles. The Morgan fingerprint density at radius 2 is 1.68 bits per heavy atom. The number of aromatic amines is 1. The molecule has 1 unspecified atom stereocenters. The average Bonchev–Trinajstić information content (AvgIpc) is 3.07. The number of nitrogens with zero attached hydrogens (tertiary/aromatic N) is 1. The molecule has 1 aromatic heterocycles. The lowest BCUT2D eigenvalue weighted by atomic mass is 9.94. The third-order valence-corrected chi connectivity index (χ3v) is 5.16. The highest BCUT2D eigenvalue weighted by atomic mass is 15.1. The maximum absolute atomic E-state index is 3.48. The van der Waals surface area contributed by atoms with E-state index >= 15 is 0 Å². The molecule has 0 fully saturated rings. The number of nitrogens with one attached hydrogen (secondary N) is 1. The molecule has 0 saturated heterocycles. The summed E-state index contributed by atoms with van der Waals surface area (Å²) in [5.41, 5.74) is 1.47. The zero-order chi connectivity index (χ0) is 17.7. The van der Waals surface area contributed by atoms with E-state index in [9.17, 15) is 0 Å². The summed E-state index contributed by atoms with van der Waals surface area (Å²) < 4.78 is 2.48. The highest BCUT2D eigenvalue weighted by molar-refractivity contribution is 5.15. The van der Waals surface area contributed by atoms with E-state index < -0.39 is 0 Å². The van der Waals surface area contributed by atoms with Crippen molar-refractivity contribution in [2.75, 3.05) is 0 Å². The van der Waals surface area contributed by atoms with Crippen molar-refractivity contribution < 1.29 is 4.57 Å². The molecule has 25 heavy (non-hydrogen) atoms. The summed E-state index contributed by atoms with van der Waals surface area (Å²) in [4.78, 5) is 3.48. The van der Waals surface area contributed by atoms with Crippen LogP contribution in [0.1, 0.15) is 76.6 Å². The monoisotopic (exact) mass is 341 g/mol. The van der Waals surface area contributed by atoms with Gasteiger partial charge in [-0.1, -0.05) is 82.7 Å². The van der Waals surface area contributed by atoms with Crippen LogP contribution in [-0.2, 0) is 19.4 Å². The first-order valence-electron chi connectivity index (χ1n) is 10.4. The molecule has 1 heterocycles. The second-order valence-electron chi connectivity index (χ2n) is 7.42. The van der Waals surface area contributed by atoms with Gasteiger partial charge in [-0.3, -0.25) is 0 Å². The van der Waals surface area contributed by atoms with Crippen LogP contribution in [0.15, 0.2) is 42.7 Å². The number of imidazole rings is 1. The molecule has 0 bridgehead atoms. The van der Waals surface area contributed by atoms with Gasteiger partial charge in [-0.05, 0) is 24.8 Å². The van der Waals surface area contributed by atoms with Gasteiger partial charge in [-0.15, -0.1) is 0 Å². The molecule has 1 atom stereocenters. The van der Waals surface area contributed by atoms with Crippen molar-refractivity contribution in [3.8, 4) is 0 Å². The van der Waals surface area contributed by atoms with Crippen molar-refractivity contribution in [2.24, 2.45) is 5.92 Å². The van der Waals surface area contributed by atoms with Crippen LogP contribution in [0.3, 0.4) is 0 Å². The number of unbranched alkanes of at least 4 members (excludes halogenated alkanes) is 5. The highest BCUT2D eigenvalue weighted by Gasteiger charge is 2.17. The fraction of sp³-hybridized carbons (Fsp3) is 0.609. The maximum Gasteiger partial charge on any atom is 0.254 e. The molecule has 2 rings (SSSR count). The standard InChI is InChI=1S/C23H36N2/c1-3-5-7-8-12-16-23-24-17-18-25(23)20-22(13-6-4-2)19-21-14-10-9-11-15-21/h9-11,14-15,17-18,22H,3-8,12-13,16,19-20H2,1-2H3/p+1. The fourth-order valence-corrected chi connectivity index (χ4v) is 3.66. The lowest BCUT2D eigenvalue weighted by Gasteiger charge is -2.15. The van der Waals surface area contributed by atoms with Crippen LogP contribution < -0.4 is 4.57 Å². The van der Waals surface area contributed by atoms with E-state index in [1.807, 2.05) is 0 Å². The summed E-state index contributed by atoms with van der Waals surface area (Å²) in [6.45, 7) is 5.72. The van der Waals surface area contributed by atoms with Gasteiger partial charge in [0.15, 0.2) is 0 Å². The Labute approximate surface area is 154 Å². The van der Waals surface area contributed by atoms with E-state index in [1.54, 1.807) is 0 Å². The first-order chi connectivity index (χ1) is 12.3. The third kappa shape index (κ3) is 7.46. The van der Waals surface area contributed by atoms with Crippen LogP contribution in [0.4, 0.5) is 0 Å². The zero-order valence-corrected chi connectivity index (χ0v) is 16.3. The summed E-state index contributed by atoms with van der Waals surface area (Å²) in [6.07, 6.45) is 17.4. The Bertz CT molecular complexity index is 558. The number of hydrogen-bond acceptors (Lipinski definition) is 0. The number of aryl methyl sites for hydroxylation is 1. The summed E-state index contributed by atoms with van der Waals surface area (Å²) in [5, 5.41) is 0. The Hall–Kier alpha value is -1.57. The molecule has 0 aliphatic rings. The van der Waals surface area contributed by atoms with Gasteiger partial charge >= 0.3 is 0 Å². The van der Waals surface area contributed by atoms with E-state index in [2.05, 4.69) is 66.1 Å². The third-order valence-electron chi connectivity index (χ3n) is 5.16. The SMILES string of the molecule is CCCCCCCc1[nH]cc[n+]1CC(CCCC)Cc1ccccc1. The lowest BCUT2D eigenvalue weighted by molar-refractivity contribution is -0.709. The van der Waals surface area contributed by atoms with Crippen LogP contribution in [0.5, 0.6) is 0 Å². The smallest absolute Gasteiger partial charge is 0.248 e. The second-order valence-corrected chi connectivity index (χ2v) is 7.42. The van der Waals surface area contributed by atoms with Crippen LogP contribution >= 0.6 is 0 Å². The Morgan fingerprint density at radius 3 is 2.44 bits per heavy atom. The van der Waals surface area contributed by atoms with Gasteiger partial charge in [-0.2, -0.15) is 0 Å². The van der Waals surface area contributed by atoms with E-state index in [4.69, 9.17) is 0 Å². The Balaban J connectivity index is 1.90. The lowest BCUT2D eigenvalue weighted by Crippen LogP contribution is -2.40. The molecular formula is C23H37N2+. The predicted molar refractivity (Wildman–Crippen MR) is 107 cm³/mol. The first kappa shape index (κ1) is 19.8. The van der Waals surface area contributed by atoms with Gasteiger partial charge in [0, 0.05) is 12.3 Å². The number of aromatic nitrogens is 2. The molecule has 2 nitrogen and oxygen atoms in total. The quantitative estimate of drug-likeness (QED) is 0.347. The molecule has 2 heteroatoms. The second kappa shape index (κ2) is 11.9. The summed E-state index contributed by atoms with van der Waals surface area (Å²) in [6, 6.07) is 11.0. The molecule has 0 spiro atoms. The number of hydrogen-bond donors (Lipinski definition) is 1. The molecule has 1 N–H and O–H groups in total. The van der Waals surface area contributed by atoms with Crippen LogP contribution in [0, 0.1) is 5.92 Å². The van der Waals surface area contributed by atoms with Gasteiger partial charge in [0.05, 0.1) is 6.54 Å². The highest BCUT2D eigenvalue weighted by Crippen LogP contribution is 2.16. The predicted octanol–water partition coefficient (Wildman–Crippen LogP) is 5.86. The number of benzene rings is 1.